The maximum atomic E-state index is 6.19. The second-order valence-electron chi connectivity index (χ2n) is 5.60. The molecule has 102 valence electrons. The van der Waals surface area contributed by atoms with Gasteiger partial charge in [0, 0.05) is 27.5 Å². The van der Waals surface area contributed by atoms with Gasteiger partial charge in [-0.1, -0.05) is 48.3 Å². The third kappa shape index (κ3) is 2.65. The molecule has 2 aromatic rings. The van der Waals surface area contributed by atoms with Crippen LogP contribution in [-0.4, -0.2) is 9.55 Å². The van der Waals surface area contributed by atoms with Crippen LogP contribution in [0.2, 0.25) is 5.02 Å². The number of halogens is 2. The third-order valence-electron chi connectivity index (χ3n) is 2.99. The highest BCUT2D eigenvalue weighted by molar-refractivity contribution is 9.10. The minimum absolute atomic E-state index is 0.0633. The summed E-state index contributed by atoms with van der Waals surface area (Å²) in [5.41, 5.74) is 7.80. The highest BCUT2D eigenvalue weighted by Gasteiger charge is 2.24. The van der Waals surface area contributed by atoms with E-state index < -0.39 is 0 Å². The van der Waals surface area contributed by atoms with Crippen molar-refractivity contribution in [2.45, 2.75) is 26.2 Å². The van der Waals surface area contributed by atoms with Crippen molar-refractivity contribution in [2.24, 2.45) is 7.05 Å². The number of nitrogens with two attached hydrogens (primary N) is 1. The van der Waals surface area contributed by atoms with Crippen LogP contribution in [0.3, 0.4) is 0 Å². The zero-order chi connectivity index (χ0) is 14.4. The number of hydrogen-bond donors (Lipinski definition) is 1. The number of aromatic nitrogens is 2. The molecule has 1 heterocycles. The Kier molecular flexibility index (Phi) is 3.67. The molecule has 3 nitrogen and oxygen atoms in total. The molecule has 0 aliphatic carbocycles. The number of benzene rings is 1. The predicted molar refractivity (Wildman–Crippen MR) is 84.5 cm³/mol. The van der Waals surface area contributed by atoms with Gasteiger partial charge in [-0.05, 0) is 18.2 Å². The Labute approximate surface area is 126 Å². The van der Waals surface area contributed by atoms with E-state index in [9.17, 15) is 0 Å². The molecule has 1 aromatic carbocycles. The molecule has 0 saturated carbocycles. The van der Waals surface area contributed by atoms with Gasteiger partial charge in [0.05, 0.1) is 0 Å². The van der Waals surface area contributed by atoms with Crippen LogP contribution in [0.15, 0.2) is 22.7 Å². The number of rotatable bonds is 1. The lowest BCUT2D eigenvalue weighted by Gasteiger charge is -2.17. The van der Waals surface area contributed by atoms with E-state index in [0.29, 0.717) is 10.8 Å². The summed E-state index contributed by atoms with van der Waals surface area (Å²) in [5, 5.41) is 0.667. The fraction of sp³-hybridized carbons (Fsp3) is 0.357. The van der Waals surface area contributed by atoms with Crippen LogP contribution >= 0.6 is 27.5 Å². The zero-order valence-corrected chi connectivity index (χ0v) is 13.8. The predicted octanol–water partition coefficient (Wildman–Crippen LogP) is 4.38. The lowest BCUT2D eigenvalue weighted by molar-refractivity contribution is 0.524. The second kappa shape index (κ2) is 4.84. The molecular weight excluding hydrogens is 326 g/mol. The standard InChI is InChI=1S/C14H17BrClN3/c1-14(2,3)13-18-11(12(17)19(13)4)9-7-8(16)5-6-10(9)15/h5-7H,17H2,1-4H3. The molecule has 0 amide bonds. The summed E-state index contributed by atoms with van der Waals surface area (Å²) in [4.78, 5) is 4.70. The number of nitrogen functional groups attached to an aromatic ring is 1. The summed E-state index contributed by atoms with van der Waals surface area (Å²) < 4.78 is 2.87. The van der Waals surface area contributed by atoms with Crippen molar-refractivity contribution in [3.63, 3.8) is 0 Å². The van der Waals surface area contributed by atoms with E-state index in [2.05, 4.69) is 36.7 Å². The van der Waals surface area contributed by atoms with Crippen LogP contribution < -0.4 is 5.73 Å². The van der Waals surface area contributed by atoms with Gasteiger partial charge in [-0.25, -0.2) is 4.98 Å². The highest BCUT2D eigenvalue weighted by atomic mass is 79.9. The van der Waals surface area contributed by atoms with E-state index in [0.717, 1.165) is 21.6 Å². The third-order valence-corrected chi connectivity index (χ3v) is 3.92. The number of nitrogens with zero attached hydrogens (tertiary/aromatic N) is 2. The molecule has 1 aromatic heterocycles. The van der Waals surface area contributed by atoms with Crippen molar-refractivity contribution in [1.29, 1.82) is 0 Å². The Morgan fingerprint density at radius 3 is 2.47 bits per heavy atom. The summed E-state index contributed by atoms with van der Waals surface area (Å²) in [7, 11) is 1.94. The zero-order valence-electron chi connectivity index (χ0n) is 11.5. The smallest absolute Gasteiger partial charge is 0.131 e. The molecule has 5 heteroatoms. The van der Waals surface area contributed by atoms with E-state index in [4.69, 9.17) is 22.3 Å². The van der Waals surface area contributed by atoms with Gasteiger partial charge in [-0.15, -0.1) is 0 Å². The topological polar surface area (TPSA) is 43.8 Å². The molecule has 2 N–H and O–H groups in total. The number of imidazole rings is 1. The molecule has 0 radical (unpaired) electrons. The molecule has 0 aliphatic rings. The Morgan fingerprint density at radius 2 is 1.95 bits per heavy atom. The molecule has 2 rings (SSSR count). The van der Waals surface area contributed by atoms with E-state index in [-0.39, 0.29) is 5.41 Å². The summed E-state index contributed by atoms with van der Waals surface area (Å²) in [6.07, 6.45) is 0. The molecule has 0 unspecified atom stereocenters. The van der Waals surface area contributed by atoms with Crippen molar-refractivity contribution < 1.29 is 0 Å². The molecule has 19 heavy (non-hydrogen) atoms. The molecule has 0 spiro atoms. The van der Waals surface area contributed by atoms with Crippen LogP contribution in [0.25, 0.3) is 11.3 Å². The normalized spacial score (nSPS) is 11.9. The van der Waals surface area contributed by atoms with Crippen LogP contribution in [-0.2, 0) is 12.5 Å². The maximum Gasteiger partial charge on any atom is 0.131 e. The van der Waals surface area contributed by atoms with E-state index >= 15 is 0 Å². The molecule has 0 atom stereocenters. The Hall–Kier alpha value is -1.00. The van der Waals surface area contributed by atoms with Gasteiger partial charge in [-0.3, -0.25) is 0 Å². The van der Waals surface area contributed by atoms with Crippen LogP contribution in [0.5, 0.6) is 0 Å². The SMILES string of the molecule is Cn1c(C(C)(C)C)nc(-c2cc(Cl)ccc2Br)c1N. The van der Waals surface area contributed by atoms with Crippen molar-refractivity contribution >= 4 is 33.3 Å². The van der Waals surface area contributed by atoms with E-state index in [1.807, 2.05) is 29.8 Å². The van der Waals surface area contributed by atoms with Gasteiger partial charge in [0.25, 0.3) is 0 Å². The Balaban J connectivity index is 2.67. The van der Waals surface area contributed by atoms with Gasteiger partial charge in [0.15, 0.2) is 0 Å². The van der Waals surface area contributed by atoms with Crippen LogP contribution in [0.4, 0.5) is 5.82 Å². The second-order valence-corrected chi connectivity index (χ2v) is 6.89. The van der Waals surface area contributed by atoms with Crippen molar-refractivity contribution in [3.05, 3.63) is 33.5 Å². The fourth-order valence-corrected chi connectivity index (χ4v) is 2.67. The van der Waals surface area contributed by atoms with Gasteiger partial charge >= 0.3 is 0 Å². The summed E-state index contributed by atoms with van der Waals surface area (Å²) >= 11 is 9.58. The van der Waals surface area contributed by atoms with Crippen LogP contribution in [0, 0.1) is 0 Å². The van der Waals surface area contributed by atoms with Gasteiger partial charge in [0.2, 0.25) is 0 Å². The summed E-state index contributed by atoms with van der Waals surface area (Å²) in [5.74, 6) is 1.60. The van der Waals surface area contributed by atoms with Crippen molar-refractivity contribution in [1.82, 2.24) is 9.55 Å². The lowest BCUT2D eigenvalue weighted by Crippen LogP contribution is -2.17. The van der Waals surface area contributed by atoms with Gasteiger partial charge in [-0.2, -0.15) is 0 Å². The van der Waals surface area contributed by atoms with E-state index in [1.165, 1.54) is 0 Å². The first-order valence-corrected chi connectivity index (χ1v) is 7.17. The first-order valence-electron chi connectivity index (χ1n) is 6.00. The molecule has 0 bridgehead atoms. The van der Waals surface area contributed by atoms with Crippen molar-refractivity contribution in [3.8, 4) is 11.3 Å². The lowest BCUT2D eigenvalue weighted by atomic mass is 9.96. The molecular formula is C14H17BrClN3. The van der Waals surface area contributed by atoms with Crippen molar-refractivity contribution in [2.75, 3.05) is 5.73 Å². The van der Waals surface area contributed by atoms with Gasteiger partial charge < -0.3 is 10.3 Å². The molecule has 0 aliphatic heterocycles. The fourth-order valence-electron chi connectivity index (χ4n) is 2.06. The number of anilines is 1. The van der Waals surface area contributed by atoms with E-state index in [1.54, 1.807) is 0 Å². The van der Waals surface area contributed by atoms with Gasteiger partial charge in [0.1, 0.15) is 17.3 Å². The largest absolute Gasteiger partial charge is 0.383 e. The molecule has 0 fully saturated rings. The van der Waals surface area contributed by atoms with Crippen LogP contribution in [0.1, 0.15) is 26.6 Å². The summed E-state index contributed by atoms with van der Waals surface area (Å²) in [6, 6.07) is 5.61. The minimum atomic E-state index is -0.0633. The summed E-state index contributed by atoms with van der Waals surface area (Å²) in [6.45, 7) is 6.35. The maximum absolute atomic E-state index is 6.19. The quantitative estimate of drug-likeness (QED) is 0.835. The first-order chi connectivity index (χ1) is 8.71. The minimum Gasteiger partial charge on any atom is -0.383 e. The highest BCUT2D eigenvalue weighted by Crippen LogP contribution is 2.36. The Morgan fingerprint density at radius 1 is 1.32 bits per heavy atom. The Bertz CT molecular complexity index is 626. The average Bonchev–Trinajstić information content (AvgIpc) is 2.59. The number of hydrogen-bond acceptors (Lipinski definition) is 2. The molecule has 0 saturated heterocycles. The monoisotopic (exact) mass is 341 g/mol. The first kappa shape index (κ1) is 14.4. The average molecular weight is 343 g/mol.